The zero-order valence-corrected chi connectivity index (χ0v) is 13.9. The lowest BCUT2D eigenvalue weighted by molar-refractivity contribution is -0.139. The molecule has 0 aliphatic rings. The van der Waals surface area contributed by atoms with Gasteiger partial charge >= 0.3 is 5.97 Å². The van der Waals surface area contributed by atoms with Crippen molar-refractivity contribution in [1.82, 2.24) is 20.3 Å². The zero-order chi connectivity index (χ0) is 17.0. The second-order valence-corrected chi connectivity index (χ2v) is 6.50. The molecule has 2 aromatic rings. The number of carboxylic acid groups (broad SMARTS) is 1. The quantitative estimate of drug-likeness (QED) is 0.838. The van der Waals surface area contributed by atoms with E-state index in [1.807, 2.05) is 13.8 Å². The van der Waals surface area contributed by atoms with Crippen molar-refractivity contribution in [3.63, 3.8) is 0 Å². The number of aryl methyl sites for hydroxylation is 1. The average Bonchev–Trinajstić information content (AvgIpc) is 2.89. The van der Waals surface area contributed by atoms with Gasteiger partial charge in [0.1, 0.15) is 10.9 Å². The van der Waals surface area contributed by atoms with Gasteiger partial charge in [-0.2, -0.15) is 0 Å². The summed E-state index contributed by atoms with van der Waals surface area (Å²) in [5, 5.41) is 12.3. The SMILES string of the molecule is Cc1nc(-c2ncccn2)sc1C(=O)N[C@@H](CC(C)C)C(=O)O. The summed E-state index contributed by atoms with van der Waals surface area (Å²) in [6, 6.07) is 0.779. The van der Waals surface area contributed by atoms with Crippen molar-refractivity contribution in [2.45, 2.75) is 33.2 Å². The number of carbonyl (C=O) groups excluding carboxylic acids is 1. The summed E-state index contributed by atoms with van der Waals surface area (Å²) in [5.74, 6) is -0.875. The van der Waals surface area contributed by atoms with Crippen molar-refractivity contribution in [3.05, 3.63) is 29.0 Å². The Morgan fingerprint density at radius 1 is 1.30 bits per heavy atom. The van der Waals surface area contributed by atoms with Crippen LogP contribution in [0.15, 0.2) is 18.5 Å². The van der Waals surface area contributed by atoms with E-state index in [1.165, 1.54) is 0 Å². The molecule has 0 saturated heterocycles. The lowest BCUT2D eigenvalue weighted by Gasteiger charge is -2.15. The number of amides is 1. The number of aliphatic carboxylic acids is 1. The minimum atomic E-state index is -1.04. The molecular formula is C15H18N4O3S. The smallest absolute Gasteiger partial charge is 0.326 e. The van der Waals surface area contributed by atoms with Crippen molar-refractivity contribution in [1.29, 1.82) is 0 Å². The third-order valence-corrected chi connectivity index (χ3v) is 4.22. The highest BCUT2D eigenvalue weighted by Crippen LogP contribution is 2.25. The van der Waals surface area contributed by atoms with E-state index < -0.39 is 17.9 Å². The predicted octanol–water partition coefficient (Wildman–Crippen LogP) is 2.14. The number of carbonyl (C=O) groups is 2. The Hall–Kier alpha value is -2.35. The lowest BCUT2D eigenvalue weighted by atomic mass is 10.0. The number of nitrogens with zero attached hydrogens (tertiary/aromatic N) is 3. The number of hydrogen-bond acceptors (Lipinski definition) is 6. The molecule has 0 saturated carbocycles. The van der Waals surface area contributed by atoms with Crippen LogP contribution in [0.4, 0.5) is 0 Å². The van der Waals surface area contributed by atoms with Crippen LogP contribution in [-0.2, 0) is 4.79 Å². The van der Waals surface area contributed by atoms with Gasteiger partial charge in [-0.15, -0.1) is 11.3 Å². The van der Waals surface area contributed by atoms with Crippen molar-refractivity contribution in [3.8, 4) is 10.8 Å². The Kier molecular flexibility index (Phi) is 5.38. The van der Waals surface area contributed by atoms with E-state index in [0.717, 1.165) is 11.3 Å². The minimum Gasteiger partial charge on any atom is -0.480 e. The molecule has 7 nitrogen and oxygen atoms in total. The van der Waals surface area contributed by atoms with Gasteiger partial charge in [-0.05, 0) is 25.3 Å². The predicted molar refractivity (Wildman–Crippen MR) is 86.2 cm³/mol. The van der Waals surface area contributed by atoms with E-state index in [-0.39, 0.29) is 5.92 Å². The number of rotatable bonds is 6. The maximum Gasteiger partial charge on any atom is 0.326 e. The van der Waals surface area contributed by atoms with Crippen LogP contribution in [-0.4, -0.2) is 38.0 Å². The Morgan fingerprint density at radius 2 is 1.96 bits per heavy atom. The van der Waals surface area contributed by atoms with Crippen LogP contribution in [0.5, 0.6) is 0 Å². The molecule has 122 valence electrons. The van der Waals surface area contributed by atoms with Gasteiger partial charge in [0.25, 0.3) is 5.91 Å². The van der Waals surface area contributed by atoms with Gasteiger partial charge < -0.3 is 10.4 Å². The van der Waals surface area contributed by atoms with Crippen molar-refractivity contribution in [2.24, 2.45) is 5.92 Å². The molecule has 0 aromatic carbocycles. The van der Waals surface area contributed by atoms with Crippen molar-refractivity contribution >= 4 is 23.2 Å². The van der Waals surface area contributed by atoms with Crippen LogP contribution in [0, 0.1) is 12.8 Å². The summed E-state index contributed by atoms with van der Waals surface area (Å²) in [7, 11) is 0. The van der Waals surface area contributed by atoms with E-state index in [1.54, 1.807) is 25.4 Å². The summed E-state index contributed by atoms with van der Waals surface area (Å²) >= 11 is 1.15. The lowest BCUT2D eigenvalue weighted by Crippen LogP contribution is -2.41. The molecule has 0 fully saturated rings. The highest BCUT2D eigenvalue weighted by atomic mass is 32.1. The molecule has 2 N–H and O–H groups in total. The molecular weight excluding hydrogens is 316 g/mol. The summed E-state index contributed by atoms with van der Waals surface area (Å²) in [5.41, 5.74) is 0.531. The molecule has 8 heteroatoms. The van der Waals surface area contributed by atoms with Crippen LogP contribution in [0.2, 0.25) is 0 Å². The molecule has 23 heavy (non-hydrogen) atoms. The van der Waals surface area contributed by atoms with Gasteiger partial charge in [-0.1, -0.05) is 13.8 Å². The summed E-state index contributed by atoms with van der Waals surface area (Å²) < 4.78 is 0. The molecule has 2 rings (SSSR count). The van der Waals surface area contributed by atoms with Crippen molar-refractivity contribution in [2.75, 3.05) is 0 Å². The number of thiazole rings is 1. The number of aromatic nitrogens is 3. The monoisotopic (exact) mass is 334 g/mol. The second kappa shape index (κ2) is 7.28. The number of nitrogens with one attached hydrogen (secondary N) is 1. The van der Waals surface area contributed by atoms with Gasteiger partial charge in [-0.25, -0.2) is 19.7 Å². The average molecular weight is 334 g/mol. The fourth-order valence-electron chi connectivity index (χ4n) is 2.03. The van der Waals surface area contributed by atoms with Crippen LogP contribution in [0.3, 0.4) is 0 Å². The maximum absolute atomic E-state index is 12.4. The molecule has 1 amide bonds. The first kappa shape index (κ1) is 17.0. The Bertz CT molecular complexity index is 700. The molecule has 0 aliphatic heterocycles. The summed E-state index contributed by atoms with van der Waals surface area (Å²) in [6.07, 6.45) is 3.57. The first-order chi connectivity index (χ1) is 10.9. The first-order valence-corrected chi connectivity index (χ1v) is 7.98. The van der Waals surface area contributed by atoms with Crippen LogP contribution >= 0.6 is 11.3 Å². The Balaban J connectivity index is 2.19. The van der Waals surface area contributed by atoms with Crippen molar-refractivity contribution < 1.29 is 14.7 Å². The molecule has 0 radical (unpaired) electrons. The van der Waals surface area contributed by atoms with Gasteiger partial charge in [0.05, 0.1) is 5.69 Å². The van der Waals surface area contributed by atoms with Gasteiger partial charge in [0, 0.05) is 12.4 Å². The Labute approximate surface area is 137 Å². The van der Waals surface area contributed by atoms with E-state index in [9.17, 15) is 14.7 Å². The van der Waals surface area contributed by atoms with Crippen LogP contribution in [0.25, 0.3) is 10.8 Å². The Morgan fingerprint density at radius 3 is 2.52 bits per heavy atom. The highest BCUT2D eigenvalue weighted by Gasteiger charge is 2.24. The molecule has 2 heterocycles. The standard InChI is InChI=1S/C15H18N4O3S/c1-8(2)7-10(15(21)22)19-13(20)11-9(3)18-14(23-11)12-16-5-4-6-17-12/h4-6,8,10H,7H2,1-3H3,(H,19,20)(H,21,22)/t10-/m0/s1. The number of hydrogen-bond donors (Lipinski definition) is 2. The van der Waals surface area contributed by atoms with Gasteiger partial charge in [-0.3, -0.25) is 4.79 Å². The molecule has 0 unspecified atom stereocenters. The van der Waals surface area contributed by atoms with Gasteiger partial charge in [0.15, 0.2) is 10.8 Å². The van der Waals surface area contributed by atoms with Crippen LogP contribution in [0.1, 0.15) is 35.6 Å². The van der Waals surface area contributed by atoms with E-state index in [2.05, 4.69) is 20.3 Å². The largest absolute Gasteiger partial charge is 0.480 e. The van der Waals surface area contributed by atoms with E-state index in [0.29, 0.717) is 27.8 Å². The van der Waals surface area contributed by atoms with E-state index in [4.69, 9.17) is 0 Å². The van der Waals surface area contributed by atoms with E-state index >= 15 is 0 Å². The molecule has 1 atom stereocenters. The maximum atomic E-state index is 12.4. The normalized spacial score (nSPS) is 12.2. The molecule has 0 bridgehead atoms. The highest BCUT2D eigenvalue weighted by molar-refractivity contribution is 7.17. The second-order valence-electron chi connectivity index (χ2n) is 5.50. The fourth-order valence-corrected chi connectivity index (χ4v) is 2.95. The molecule has 2 aromatic heterocycles. The molecule has 0 spiro atoms. The number of carboxylic acids is 1. The van der Waals surface area contributed by atoms with Crippen LogP contribution < -0.4 is 5.32 Å². The topological polar surface area (TPSA) is 105 Å². The fraction of sp³-hybridized carbons (Fsp3) is 0.400. The summed E-state index contributed by atoms with van der Waals surface area (Å²) in [6.45, 7) is 5.52. The third-order valence-electron chi connectivity index (χ3n) is 3.07. The minimum absolute atomic E-state index is 0.159. The van der Waals surface area contributed by atoms with Gasteiger partial charge in [0.2, 0.25) is 0 Å². The summed E-state index contributed by atoms with van der Waals surface area (Å²) in [4.78, 5) is 36.5. The zero-order valence-electron chi connectivity index (χ0n) is 13.1. The first-order valence-electron chi connectivity index (χ1n) is 7.17. The third kappa shape index (κ3) is 4.32. The molecule has 0 aliphatic carbocycles.